The summed E-state index contributed by atoms with van der Waals surface area (Å²) >= 11 is 0. The van der Waals surface area contributed by atoms with E-state index in [4.69, 9.17) is 0 Å². The van der Waals surface area contributed by atoms with Gasteiger partial charge < -0.3 is 10.2 Å². The molecule has 0 aliphatic heterocycles. The van der Waals surface area contributed by atoms with Crippen molar-refractivity contribution >= 4 is 38.7 Å². The van der Waals surface area contributed by atoms with Crippen LogP contribution in [0.2, 0.25) is 0 Å². The molecule has 0 fully saturated rings. The van der Waals surface area contributed by atoms with E-state index in [2.05, 4.69) is 4.72 Å². The Morgan fingerprint density at radius 2 is 1.78 bits per heavy atom. The fourth-order valence-corrected chi connectivity index (χ4v) is 3.67. The molecular formula is C18H16N2O6S. The molecule has 0 amide bonds. The molecular weight excluding hydrogens is 372 g/mol. The zero-order valence-electron chi connectivity index (χ0n) is 14.4. The fourth-order valence-electron chi connectivity index (χ4n) is 3.11. The van der Waals surface area contributed by atoms with Crippen LogP contribution in [0.15, 0.2) is 42.5 Å². The molecule has 1 aromatic heterocycles. The first kappa shape index (κ1) is 18.5. The maximum absolute atomic E-state index is 11.7. The minimum absolute atomic E-state index is 0.0247. The highest BCUT2D eigenvalue weighted by molar-refractivity contribution is 7.92. The highest BCUT2D eigenvalue weighted by Gasteiger charge is 2.21. The van der Waals surface area contributed by atoms with E-state index in [1.807, 2.05) is 0 Å². The van der Waals surface area contributed by atoms with Crippen LogP contribution >= 0.6 is 0 Å². The van der Waals surface area contributed by atoms with Gasteiger partial charge in [-0.2, -0.15) is 0 Å². The molecule has 0 saturated heterocycles. The van der Waals surface area contributed by atoms with Gasteiger partial charge in [0, 0.05) is 22.3 Å². The average Bonchev–Trinajstić information content (AvgIpc) is 2.84. The third kappa shape index (κ3) is 3.49. The molecule has 0 aliphatic carbocycles. The van der Waals surface area contributed by atoms with Crippen molar-refractivity contribution in [1.29, 1.82) is 0 Å². The molecule has 9 heteroatoms. The SMILES string of the molecule is Cc1c(-c2cccc(NS(C)(=O)=O)c2)c2cc(C(=O)O)ccc2n1C(=O)O. The fraction of sp³-hybridized carbons (Fsp3) is 0.111. The van der Waals surface area contributed by atoms with Gasteiger partial charge in [0.1, 0.15) is 0 Å². The van der Waals surface area contributed by atoms with Gasteiger partial charge in [-0.3, -0.25) is 4.72 Å². The number of anilines is 1. The van der Waals surface area contributed by atoms with Crippen LogP contribution in [0.5, 0.6) is 0 Å². The Hall–Kier alpha value is -3.33. The summed E-state index contributed by atoms with van der Waals surface area (Å²) in [6.45, 7) is 1.61. The molecule has 0 bridgehead atoms. The standard InChI is InChI=1S/C18H16N2O6S/c1-10-16(11-4-3-5-13(8-11)19-27(2,25)26)14-9-12(17(21)22)6-7-15(14)20(10)18(23)24/h3-9,19H,1-2H3,(H,21,22)(H,23,24). The quantitative estimate of drug-likeness (QED) is 0.630. The van der Waals surface area contributed by atoms with E-state index in [0.29, 0.717) is 33.4 Å². The Morgan fingerprint density at radius 3 is 2.37 bits per heavy atom. The number of aromatic nitrogens is 1. The zero-order chi connectivity index (χ0) is 19.9. The summed E-state index contributed by atoms with van der Waals surface area (Å²) in [5.41, 5.74) is 2.18. The number of carboxylic acids is 1. The minimum atomic E-state index is -3.48. The van der Waals surface area contributed by atoms with Crippen LogP contribution in [0.4, 0.5) is 10.5 Å². The highest BCUT2D eigenvalue weighted by Crippen LogP contribution is 2.36. The van der Waals surface area contributed by atoms with Gasteiger partial charge in [0.25, 0.3) is 0 Å². The number of nitrogens with one attached hydrogen (secondary N) is 1. The molecule has 0 aliphatic rings. The maximum Gasteiger partial charge on any atom is 0.416 e. The number of carboxylic acid groups (broad SMARTS) is 2. The molecule has 2 aromatic carbocycles. The molecule has 140 valence electrons. The van der Waals surface area contributed by atoms with Gasteiger partial charge in [-0.05, 0) is 42.8 Å². The van der Waals surface area contributed by atoms with Gasteiger partial charge in [-0.1, -0.05) is 12.1 Å². The van der Waals surface area contributed by atoms with Crippen molar-refractivity contribution in [2.24, 2.45) is 0 Å². The van der Waals surface area contributed by atoms with E-state index >= 15 is 0 Å². The van der Waals surface area contributed by atoms with Gasteiger partial charge in [0.15, 0.2) is 0 Å². The topological polar surface area (TPSA) is 126 Å². The molecule has 3 rings (SSSR count). The number of aromatic carboxylic acids is 1. The van der Waals surface area contributed by atoms with Crippen molar-refractivity contribution in [2.45, 2.75) is 6.92 Å². The Labute approximate surface area is 154 Å². The monoisotopic (exact) mass is 388 g/mol. The molecule has 0 spiro atoms. The second-order valence-electron chi connectivity index (χ2n) is 6.07. The number of hydrogen-bond donors (Lipinski definition) is 3. The number of hydrogen-bond acceptors (Lipinski definition) is 4. The van der Waals surface area contributed by atoms with Gasteiger partial charge in [-0.15, -0.1) is 0 Å². The number of sulfonamides is 1. The largest absolute Gasteiger partial charge is 0.478 e. The number of carbonyl (C=O) groups is 2. The Morgan fingerprint density at radius 1 is 1.07 bits per heavy atom. The molecule has 0 saturated carbocycles. The highest BCUT2D eigenvalue weighted by atomic mass is 32.2. The lowest BCUT2D eigenvalue weighted by molar-refractivity contribution is 0.0697. The lowest BCUT2D eigenvalue weighted by atomic mass is 10.0. The first-order valence-electron chi connectivity index (χ1n) is 7.78. The Bertz CT molecular complexity index is 1190. The van der Waals surface area contributed by atoms with E-state index < -0.39 is 22.1 Å². The second-order valence-corrected chi connectivity index (χ2v) is 7.82. The van der Waals surface area contributed by atoms with E-state index in [9.17, 15) is 28.2 Å². The van der Waals surface area contributed by atoms with E-state index in [1.165, 1.54) is 18.2 Å². The van der Waals surface area contributed by atoms with Crippen molar-refractivity contribution < 1.29 is 28.2 Å². The average molecular weight is 388 g/mol. The van der Waals surface area contributed by atoms with Gasteiger partial charge in [0.05, 0.1) is 17.3 Å². The lowest BCUT2D eigenvalue weighted by Crippen LogP contribution is -2.10. The van der Waals surface area contributed by atoms with Crippen LogP contribution in [0.3, 0.4) is 0 Å². The van der Waals surface area contributed by atoms with E-state index in [-0.39, 0.29) is 5.56 Å². The molecule has 3 N–H and O–H groups in total. The second kappa shape index (κ2) is 6.44. The molecule has 0 atom stereocenters. The maximum atomic E-state index is 11.7. The number of nitrogens with zero attached hydrogens (tertiary/aromatic N) is 1. The minimum Gasteiger partial charge on any atom is -0.478 e. The van der Waals surface area contributed by atoms with Gasteiger partial charge >= 0.3 is 12.1 Å². The van der Waals surface area contributed by atoms with Gasteiger partial charge in [-0.25, -0.2) is 22.6 Å². The van der Waals surface area contributed by atoms with Crippen molar-refractivity contribution in [3.63, 3.8) is 0 Å². The van der Waals surface area contributed by atoms with Crippen LogP contribution in [-0.2, 0) is 10.0 Å². The predicted molar refractivity (Wildman–Crippen MR) is 101 cm³/mol. The zero-order valence-corrected chi connectivity index (χ0v) is 15.2. The predicted octanol–water partition coefficient (Wildman–Crippen LogP) is 3.21. The third-order valence-corrected chi connectivity index (χ3v) is 4.70. The Balaban J connectivity index is 2.32. The molecule has 27 heavy (non-hydrogen) atoms. The summed E-state index contributed by atoms with van der Waals surface area (Å²) in [7, 11) is -3.48. The van der Waals surface area contributed by atoms with E-state index in [0.717, 1.165) is 10.8 Å². The van der Waals surface area contributed by atoms with Crippen LogP contribution in [0.1, 0.15) is 16.1 Å². The summed E-state index contributed by atoms with van der Waals surface area (Å²) in [6, 6.07) is 10.7. The van der Waals surface area contributed by atoms with Crippen LogP contribution in [-0.4, -0.2) is 41.5 Å². The Kier molecular flexibility index (Phi) is 4.40. The lowest BCUT2D eigenvalue weighted by Gasteiger charge is -2.08. The normalized spacial score (nSPS) is 11.5. The summed E-state index contributed by atoms with van der Waals surface area (Å²) in [5.74, 6) is -1.13. The van der Waals surface area contributed by atoms with Crippen molar-refractivity contribution in [3.05, 3.63) is 53.7 Å². The van der Waals surface area contributed by atoms with Crippen LogP contribution in [0.25, 0.3) is 22.0 Å². The molecule has 3 aromatic rings. The molecule has 1 heterocycles. The summed E-state index contributed by atoms with van der Waals surface area (Å²) in [5, 5.41) is 19.3. The first-order chi connectivity index (χ1) is 12.6. The first-order valence-corrected chi connectivity index (χ1v) is 9.67. The number of rotatable bonds is 4. The number of fused-ring (bicyclic) bond motifs is 1. The van der Waals surface area contributed by atoms with Crippen molar-refractivity contribution in [1.82, 2.24) is 4.57 Å². The molecule has 8 nitrogen and oxygen atoms in total. The van der Waals surface area contributed by atoms with Crippen LogP contribution in [0, 0.1) is 6.92 Å². The summed E-state index contributed by atoms with van der Waals surface area (Å²) < 4.78 is 26.4. The van der Waals surface area contributed by atoms with E-state index in [1.54, 1.807) is 31.2 Å². The summed E-state index contributed by atoms with van der Waals surface area (Å²) in [4.78, 5) is 23.0. The van der Waals surface area contributed by atoms with Gasteiger partial charge in [0.2, 0.25) is 10.0 Å². The van der Waals surface area contributed by atoms with Crippen molar-refractivity contribution in [3.8, 4) is 11.1 Å². The third-order valence-electron chi connectivity index (χ3n) is 4.10. The molecule has 0 radical (unpaired) electrons. The smallest absolute Gasteiger partial charge is 0.416 e. The van der Waals surface area contributed by atoms with Crippen LogP contribution < -0.4 is 4.72 Å². The molecule has 0 unspecified atom stereocenters. The summed E-state index contributed by atoms with van der Waals surface area (Å²) in [6.07, 6.45) is -0.169. The number of benzene rings is 2. The van der Waals surface area contributed by atoms with Crippen molar-refractivity contribution in [2.75, 3.05) is 11.0 Å².